The third kappa shape index (κ3) is 5.10. The average Bonchev–Trinajstić information content (AvgIpc) is 3.51. The lowest BCUT2D eigenvalue weighted by atomic mass is 10.1. The number of methoxy groups -OCH3 is 3. The number of ether oxygens (including phenoxy) is 3. The monoisotopic (exact) mass is 483 g/mol. The van der Waals surface area contributed by atoms with E-state index in [0.29, 0.717) is 33.2 Å². The SMILES string of the molecule is COc1ccc(OC)c(-c2csc(NC(=O)CSc3nncn3-c3ccccc3OC)n2)c1. The molecule has 33 heavy (non-hydrogen) atoms. The van der Waals surface area contributed by atoms with Gasteiger partial charge in [-0.05, 0) is 30.3 Å². The van der Waals surface area contributed by atoms with E-state index in [1.54, 1.807) is 32.2 Å². The van der Waals surface area contributed by atoms with Crippen molar-refractivity contribution in [3.63, 3.8) is 0 Å². The molecule has 2 aromatic carbocycles. The van der Waals surface area contributed by atoms with Crippen LogP contribution in [0.3, 0.4) is 0 Å². The summed E-state index contributed by atoms with van der Waals surface area (Å²) in [6.07, 6.45) is 1.59. The average molecular weight is 484 g/mol. The Bertz CT molecular complexity index is 1260. The molecule has 1 N–H and O–H groups in total. The molecule has 0 saturated heterocycles. The van der Waals surface area contributed by atoms with E-state index >= 15 is 0 Å². The van der Waals surface area contributed by atoms with Gasteiger partial charge in [0, 0.05) is 10.9 Å². The summed E-state index contributed by atoms with van der Waals surface area (Å²) in [4.78, 5) is 17.1. The van der Waals surface area contributed by atoms with Gasteiger partial charge in [0.25, 0.3) is 0 Å². The van der Waals surface area contributed by atoms with Crippen LogP contribution in [-0.2, 0) is 4.79 Å². The third-order valence-electron chi connectivity index (χ3n) is 4.63. The van der Waals surface area contributed by atoms with E-state index in [4.69, 9.17) is 14.2 Å². The molecule has 11 heteroatoms. The second kappa shape index (κ2) is 10.4. The highest BCUT2D eigenvalue weighted by atomic mass is 32.2. The molecule has 0 aliphatic rings. The number of hydrogen-bond acceptors (Lipinski definition) is 9. The van der Waals surface area contributed by atoms with Crippen LogP contribution in [0.15, 0.2) is 59.3 Å². The van der Waals surface area contributed by atoms with Crippen molar-refractivity contribution < 1.29 is 19.0 Å². The Morgan fingerprint density at radius 1 is 1.09 bits per heavy atom. The topological polar surface area (TPSA) is 100 Å². The van der Waals surface area contributed by atoms with Crippen LogP contribution in [0, 0.1) is 0 Å². The van der Waals surface area contributed by atoms with Gasteiger partial charge in [-0.1, -0.05) is 23.9 Å². The second-order valence-corrected chi connectivity index (χ2v) is 8.40. The molecular formula is C22H21N5O4S2. The summed E-state index contributed by atoms with van der Waals surface area (Å²) in [5.41, 5.74) is 2.27. The molecule has 0 saturated carbocycles. The lowest BCUT2D eigenvalue weighted by Crippen LogP contribution is -2.14. The number of thiazole rings is 1. The minimum absolute atomic E-state index is 0.144. The van der Waals surface area contributed by atoms with Gasteiger partial charge in [-0.2, -0.15) is 0 Å². The standard InChI is InChI=1S/C22H21N5O4S2/c1-29-14-8-9-18(30-2)15(10-14)16-11-32-21(24-16)25-20(28)12-33-22-26-23-13-27(22)17-6-4-5-7-19(17)31-3/h4-11,13H,12H2,1-3H3,(H,24,25,28). The van der Waals surface area contributed by atoms with Gasteiger partial charge in [-0.15, -0.1) is 21.5 Å². The van der Waals surface area contributed by atoms with Crippen molar-refractivity contribution in [2.45, 2.75) is 5.16 Å². The molecule has 0 spiro atoms. The first-order valence-corrected chi connectivity index (χ1v) is 11.6. The molecule has 9 nitrogen and oxygen atoms in total. The molecule has 0 atom stereocenters. The molecule has 2 heterocycles. The molecule has 170 valence electrons. The Hall–Kier alpha value is -3.57. The van der Waals surface area contributed by atoms with Crippen LogP contribution < -0.4 is 19.5 Å². The fourth-order valence-electron chi connectivity index (χ4n) is 3.07. The van der Waals surface area contributed by atoms with Crippen molar-refractivity contribution >= 4 is 34.1 Å². The summed E-state index contributed by atoms with van der Waals surface area (Å²) in [7, 11) is 4.80. The predicted molar refractivity (Wildman–Crippen MR) is 128 cm³/mol. The number of rotatable bonds is 9. The number of para-hydroxylation sites is 2. The number of carbonyl (C=O) groups excluding carboxylic acids is 1. The molecule has 0 fully saturated rings. The Kier molecular flexibility index (Phi) is 7.10. The second-order valence-electron chi connectivity index (χ2n) is 6.60. The Balaban J connectivity index is 1.43. The van der Waals surface area contributed by atoms with E-state index in [1.165, 1.54) is 23.1 Å². The van der Waals surface area contributed by atoms with Crippen LogP contribution in [0.4, 0.5) is 5.13 Å². The molecule has 0 bridgehead atoms. The summed E-state index contributed by atoms with van der Waals surface area (Å²) in [5.74, 6) is 2.00. The van der Waals surface area contributed by atoms with Gasteiger partial charge >= 0.3 is 0 Å². The van der Waals surface area contributed by atoms with Gasteiger partial charge in [0.15, 0.2) is 10.3 Å². The number of amides is 1. The van der Waals surface area contributed by atoms with Crippen molar-refractivity contribution in [1.29, 1.82) is 0 Å². The van der Waals surface area contributed by atoms with E-state index in [9.17, 15) is 4.79 Å². The van der Waals surface area contributed by atoms with Crippen LogP contribution in [0.2, 0.25) is 0 Å². The predicted octanol–water partition coefficient (Wildman–Crippen LogP) is 4.15. The zero-order valence-corrected chi connectivity index (χ0v) is 19.8. The first-order chi connectivity index (χ1) is 16.1. The number of aromatic nitrogens is 4. The Morgan fingerprint density at radius 2 is 1.91 bits per heavy atom. The smallest absolute Gasteiger partial charge is 0.236 e. The summed E-state index contributed by atoms with van der Waals surface area (Å²) in [6, 6.07) is 13.0. The van der Waals surface area contributed by atoms with Crippen molar-refractivity contribution in [2.24, 2.45) is 0 Å². The van der Waals surface area contributed by atoms with Crippen molar-refractivity contribution in [1.82, 2.24) is 19.7 Å². The van der Waals surface area contributed by atoms with Crippen LogP contribution in [0.25, 0.3) is 16.9 Å². The summed E-state index contributed by atoms with van der Waals surface area (Å²) >= 11 is 2.61. The number of hydrogen-bond donors (Lipinski definition) is 1. The fourth-order valence-corrected chi connectivity index (χ4v) is 4.52. The number of carbonyl (C=O) groups is 1. The largest absolute Gasteiger partial charge is 0.497 e. The Labute approximate surface area is 198 Å². The minimum Gasteiger partial charge on any atom is -0.497 e. The third-order valence-corrected chi connectivity index (χ3v) is 6.33. The normalized spacial score (nSPS) is 10.6. The van der Waals surface area contributed by atoms with Crippen molar-refractivity contribution in [3.05, 3.63) is 54.2 Å². The van der Waals surface area contributed by atoms with Crippen LogP contribution >= 0.6 is 23.1 Å². The van der Waals surface area contributed by atoms with Crippen LogP contribution in [-0.4, -0.2) is 52.7 Å². The molecule has 2 aromatic heterocycles. The molecule has 4 aromatic rings. The highest BCUT2D eigenvalue weighted by Gasteiger charge is 2.15. The zero-order valence-electron chi connectivity index (χ0n) is 18.1. The van der Waals surface area contributed by atoms with Crippen molar-refractivity contribution in [2.75, 3.05) is 32.4 Å². The van der Waals surface area contributed by atoms with E-state index in [-0.39, 0.29) is 11.7 Å². The van der Waals surface area contributed by atoms with Gasteiger partial charge in [-0.25, -0.2) is 4.98 Å². The number of anilines is 1. The molecule has 4 rings (SSSR count). The van der Waals surface area contributed by atoms with Gasteiger partial charge in [0.2, 0.25) is 5.91 Å². The van der Waals surface area contributed by atoms with E-state index in [2.05, 4.69) is 20.5 Å². The van der Waals surface area contributed by atoms with Crippen molar-refractivity contribution in [3.8, 4) is 34.2 Å². The number of thioether (sulfide) groups is 1. The first-order valence-electron chi connectivity index (χ1n) is 9.77. The number of benzene rings is 2. The molecular weight excluding hydrogens is 462 g/mol. The lowest BCUT2D eigenvalue weighted by Gasteiger charge is -2.10. The lowest BCUT2D eigenvalue weighted by molar-refractivity contribution is -0.113. The Morgan fingerprint density at radius 3 is 2.70 bits per heavy atom. The molecule has 0 aliphatic carbocycles. The zero-order chi connectivity index (χ0) is 23.2. The van der Waals surface area contributed by atoms with Gasteiger partial charge < -0.3 is 19.5 Å². The molecule has 0 radical (unpaired) electrons. The number of nitrogens with one attached hydrogen (secondary N) is 1. The summed E-state index contributed by atoms with van der Waals surface area (Å²) in [6.45, 7) is 0. The highest BCUT2D eigenvalue weighted by Crippen LogP contribution is 2.35. The van der Waals surface area contributed by atoms with Gasteiger partial charge in [-0.3, -0.25) is 9.36 Å². The maximum atomic E-state index is 12.6. The maximum Gasteiger partial charge on any atom is 0.236 e. The quantitative estimate of drug-likeness (QED) is 0.355. The maximum absolute atomic E-state index is 12.6. The van der Waals surface area contributed by atoms with Gasteiger partial charge in [0.1, 0.15) is 23.6 Å². The number of nitrogens with zero attached hydrogens (tertiary/aromatic N) is 4. The molecule has 0 aliphatic heterocycles. The van der Waals surface area contributed by atoms with E-state index < -0.39 is 0 Å². The first kappa shape index (κ1) is 22.6. The summed E-state index contributed by atoms with van der Waals surface area (Å²) < 4.78 is 17.9. The minimum atomic E-state index is -0.201. The summed E-state index contributed by atoms with van der Waals surface area (Å²) in [5, 5.41) is 13.9. The van der Waals surface area contributed by atoms with Crippen LogP contribution in [0.1, 0.15) is 0 Å². The van der Waals surface area contributed by atoms with E-state index in [1.807, 2.05) is 47.8 Å². The highest BCUT2D eigenvalue weighted by molar-refractivity contribution is 7.99. The van der Waals surface area contributed by atoms with Crippen LogP contribution in [0.5, 0.6) is 17.2 Å². The molecule has 0 unspecified atom stereocenters. The molecule has 1 amide bonds. The van der Waals surface area contributed by atoms with Gasteiger partial charge in [0.05, 0.1) is 38.5 Å². The fraction of sp³-hybridized carbons (Fsp3) is 0.182. The van der Waals surface area contributed by atoms with E-state index in [0.717, 1.165) is 11.3 Å².